The van der Waals surface area contributed by atoms with Crippen LogP contribution in [-0.2, 0) is 38.8 Å². The van der Waals surface area contributed by atoms with Gasteiger partial charge in [-0.1, -0.05) is 71.0 Å². The first kappa shape index (κ1) is 48.0. The second kappa shape index (κ2) is 19.1. The summed E-state index contributed by atoms with van der Waals surface area (Å²) >= 11 is 0. The van der Waals surface area contributed by atoms with Crippen LogP contribution < -0.4 is 15.9 Å². The fourth-order valence-corrected chi connectivity index (χ4v) is 15.4. The van der Waals surface area contributed by atoms with E-state index in [0.717, 1.165) is 44.3 Å². The molecule has 0 bridgehead atoms. The number of nitrogens with zero attached hydrogens (tertiary/aromatic N) is 5. The SMILES string of the molecule is CC(C)[Si](Oc1c2c(c(C/C(N)=N/O)c3cc(Cc4ccc(F)cc4)cnc13)CN(C)C2=O)(C(C)C)C(C)C.CN1Cc2c(c(O)c3ncc(Cc4ccc(F)cc4)cc3c2CC(=N)N)C1=O. The van der Waals surface area contributed by atoms with Crippen LogP contribution in [0.3, 0.4) is 0 Å². The van der Waals surface area contributed by atoms with Gasteiger partial charge in [-0.2, -0.15) is 0 Å². The van der Waals surface area contributed by atoms with E-state index in [2.05, 4.69) is 51.7 Å². The number of amides is 2. The van der Waals surface area contributed by atoms with E-state index in [1.807, 2.05) is 12.1 Å². The molecule has 7 N–H and O–H groups in total. The Morgan fingerprint density at radius 1 is 0.731 bits per heavy atom. The van der Waals surface area contributed by atoms with Crippen molar-refractivity contribution < 1.29 is 33.1 Å². The first-order chi connectivity index (χ1) is 31.7. The summed E-state index contributed by atoms with van der Waals surface area (Å²) in [4.78, 5) is 38.5. The number of aromatic hydroxyl groups is 1. The number of hydrogen-bond acceptors (Lipinski definition) is 9. The number of phenols is 1. The Labute approximate surface area is 390 Å². The van der Waals surface area contributed by atoms with Crippen molar-refractivity contribution in [2.24, 2.45) is 16.6 Å². The number of rotatable bonds is 13. The Morgan fingerprint density at radius 2 is 1.16 bits per heavy atom. The van der Waals surface area contributed by atoms with Gasteiger partial charge in [-0.25, -0.2) is 8.78 Å². The summed E-state index contributed by atoms with van der Waals surface area (Å²) in [6, 6.07) is 16.6. The van der Waals surface area contributed by atoms with Crippen LogP contribution in [0.25, 0.3) is 21.8 Å². The van der Waals surface area contributed by atoms with Crippen molar-refractivity contribution in [3.05, 3.63) is 140 Å². The zero-order valence-corrected chi connectivity index (χ0v) is 40.2. The summed E-state index contributed by atoms with van der Waals surface area (Å²) in [5.74, 6) is -0.522. The number of benzene rings is 4. The van der Waals surface area contributed by atoms with E-state index in [9.17, 15) is 28.7 Å². The van der Waals surface area contributed by atoms with Crippen molar-refractivity contribution in [1.82, 2.24) is 19.8 Å². The van der Waals surface area contributed by atoms with Gasteiger partial charge in [-0.3, -0.25) is 25.0 Å². The van der Waals surface area contributed by atoms with Crippen LogP contribution in [0, 0.1) is 17.0 Å². The number of amidine groups is 2. The molecule has 0 saturated carbocycles. The van der Waals surface area contributed by atoms with E-state index in [-0.39, 0.29) is 59.3 Å². The number of carbonyl (C=O) groups is 2. The second-order valence-electron chi connectivity index (χ2n) is 18.6. The number of carbonyl (C=O) groups excluding carboxylic acids is 2. The lowest BCUT2D eigenvalue weighted by Gasteiger charge is -2.42. The maximum Gasteiger partial charge on any atom is 0.258 e. The van der Waals surface area contributed by atoms with E-state index < -0.39 is 8.32 Å². The van der Waals surface area contributed by atoms with Gasteiger partial charge < -0.3 is 36.0 Å². The second-order valence-corrected chi connectivity index (χ2v) is 24.0. The van der Waals surface area contributed by atoms with Crippen molar-refractivity contribution in [2.45, 2.75) is 96.9 Å². The van der Waals surface area contributed by atoms with Gasteiger partial charge in [0.2, 0.25) is 0 Å². The average Bonchev–Trinajstić information content (AvgIpc) is 3.75. The molecule has 67 heavy (non-hydrogen) atoms. The van der Waals surface area contributed by atoms with Crippen LogP contribution in [0.5, 0.6) is 11.5 Å². The van der Waals surface area contributed by atoms with E-state index in [1.165, 1.54) is 29.2 Å². The Hall–Kier alpha value is -6.94. The minimum absolute atomic E-state index is 0.0277. The molecule has 0 unspecified atom stereocenters. The molecular formula is C51H58F2N8O5Si. The van der Waals surface area contributed by atoms with Crippen molar-refractivity contribution in [3.63, 3.8) is 0 Å². The highest BCUT2D eigenvalue weighted by atomic mass is 28.4. The quantitative estimate of drug-likeness (QED) is 0.0246. The Balaban J connectivity index is 0.000000209. The Kier molecular flexibility index (Phi) is 13.7. The van der Waals surface area contributed by atoms with Gasteiger partial charge in [0.25, 0.3) is 20.1 Å². The van der Waals surface area contributed by atoms with E-state index >= 15 is 0 Å². The minimum Gasteiger partial charge on any atom is -0.541 e. The normalized spacial score (nSPS) is 13.8. The zero-order valence-electron chi connectivity index (χ0n) is 39.2. The highest BCUT2D eigenvalue weighted by Gasteiger charge is 2.49. The predicted molar refractivity (Wildman–Crippen MR) is 260 cm³/mol. The maximum atomic E-state index is 13.6. The molecule has 0 aliphatic carbocycles. The highest BCUT2D eigenvalue weighted by molar-refractivity contribution is 6.78. The van der Waals surface area contributed by atoms with Crippen LogP contribution >= 0.6 is 0 Å². The summed E-state index contributed by atoms with van der Waals surface area (Å²) in [5, 5.41) is 32.5. The minimum atomic E-state index is -2.45. The number of phenolic OH excluding ortho intramolecular Hbond substituents is 1. The van der Waals surface area contributed by atoms with Gasteiger partial charge >= 0.3 is 0 Å². The molecule has 2 aliphatic heterocycles. The molecule has 8 rings (SSSR count). The lowest BCUT2D eigenvalue weighted by molar-refractivity contribution is 0.0807. The molecule has 4 heterocycles. The highest BCUT2D eigenvalue weighted by Crippen LogP contribution is 2.48. The first-order valence-electron chi connectivity index (χ1n) is 22.3. The van der Waals surface area contributed by atoms with Gasteiger partial charge in [-0.15, -0.1) is 0 Å². The molecule has 4 aromatic carbocycles. The van der Waals surface area contributed by atoms with Crippen molar-refractivity contribution in [2.75, 3.05) is 14.1 Å². The number of nitrogens with one attached hydrogen (secondary N) is 1. The summed E-state index contributed by atoms with van der Waals surface area (Å²) in [7, 11) is 0.986. The summed E-state index contributed by atoms with van der Waals surface area (Å²) < 4.78 is 33.8. The molecule has 2 amide bonds. The molecule has 0 fully saturated rings. The van der Waals surface area contributed by atoms with Crippen LogP contribution in [0.15, 0.2) is 78.2 Å². The van der Waals surface area contributed by atoms with Gasteiger partial charge in [0.05, 0.1) is 17.0 Å². The number of hydrogen-bond donors (Lipinski definition) is 5. The lowest BCUT2D eigenvalue weighted by atomic mass is 9.93. The standard InChI is InChI=1S/C30H39FN4O3Si.C21H19FN4O2/c1-17(2)39(18(3)4,19(5)6)38-29-27-25(16-35(7)30(27)36)23(14-26(32)34-37)24-13-21(15-33-28(24)29)12-20-8-10-22(31)11-9-20;1-26-10-16-14(8-17(23)24)15-7-12(6-11-2-4-13(22)5-3-11)9-25-19(15)20(27)18(16)21(26)28/h8-11,13,15,17-19,37H,12,14,16H2,1-7H3,(H2,32,34);2-5,7,9,27H,6,8,10H2,1H3,(H3,23,24). The third-order valence-electron chi connectivity index (χ3n) is 13.2. The third kappa shape index (κ3) is 9.26. The number of aromatic nitrogens is 2. The zero-order chi connectivity index (χ0) is 48.6. The average molecular weight is 929 g/mol. The molecule has 16 heteroatoms. The maximum absolute atomic E-state index is 13.6. The molecule has 2 aliphatic rings. The van der Waals surface area contributed by atoms with Crippen molar-refractivity contribution in [3.8, 4) is 11.5 Å². The molecule has 0 atom stereocenters. The number of halogens is 2. The molecule has 0 radical (unpaired) electrons. The van der Waals surface area contributed by atoms with E-state index in [0.29, 0.717) is 75.9 Å². The lowest BCUT2D eigenvalue weighted by Crippen LogP contribution is -2.51. The monoisotopic (exact) mass is 928 g/mol. The van der Waals surface area contributed by atoms with Gasteiger partial charge in [0.1, 0.15) is 34.3 Å². The van der Waals surface area contributed by atoms with Crippen LogP contribution in [-0.4, -0.2) is 76.0 Å². The summed E-state index contributed by atoms with van der Waals surface area (Å²) in [6.07, 6.45) is 4.87. The largest absolute Gasteiger partial charge is 0.541 e. The van der Waals surface area contributed by atoms with Crippen molar-refractivity contribution in [1.29, 1.82) is 5.41 Å². The first-order valence-corrected chi connectivity index (χ1v) is 24.5. The molecular weight excluding hydrogens is 871 g/mol. The summed E-state index contributed by atoms with van der Waals surface area (Å²) in [5.41, 5.74) is 21.0. The summed E-state index contributed by atoms with van der Waals surface area (Å²) in [6.45, 7) is 14.0. The van der Waals surface area contributed by atoms with E-state index in [1.54, 1.807) is 55.7 Å². The van der Waals surface area contributed by atoms with Crippen molar-refractivity contribution >= 4 is 53.6 Å². The number of pyridine rings is 2. The fraction of sp³-hybridized carbons (Fsp3) is 0.333. The fourth-order valence-electron chi connectivity index (χ4n) is 10.1. The van der Waals surface area contributed by atoms with Crippen LogP contribution in [0.4, 0.5) is 8.78 Å². The van der Waals surface area contributed by atoms with E-state index in [4.69, 9.17) is 26.3 Å². The molecule has 6 aromatic rings. The number of oxime groups is 1. The molecule has 2 aromatic heterocycles. The van der Waals surface area contributed by atoms with Gasteiger partial charge in [0, 0.05) is 63.2 Å². The Morgan fingerprint density at radius 3 is 1.63 bits per heavy atom. The van der Waals surface area contributed by atoms with Crippen LogP contribution in [0.1, 0.15) is 107 Å². The van der Waals surface area contributed by atoms with Crippen LogP contribution in [0.2, 0.25) is 16.6 Å². The smallest absolute Gasteiger partial charge is 0.258 e. The molecule has 0 spiro atoms. The molecule has 350 valence electrons. The van der Waals surface area contributed by atoms with Gasteiger partial charge in [-0.05, 0) is 110 Å². The number of nitrogens with two attached hydrogens (primary N) is 2. The topological polar surface area (TPSA) is 204 Å². The molecule has 13 nitrogen and oxygen atoms in total. The Bertz CT molecular complexity index is 2920. The number of fused-ring (bicyclic) bond motifs is 4. The third-order valence-corrected chi connectivity index (χ3v) is 19.1. The molecule has 0 saturated heterocycles. The van der Waals surface area contributed by atoms with Gasteiger partial charge in [0.15, 0.2) is 5.75 Å². The predicted octanol–water partition coefficient (Wildman–Crippen LogP) is 9.13.